The van der Waals surface area contributed by atoms with E-state index in [1.165, 1.54) is 7.11 Å². The Hall–Kier alpha value is -1.69. The molecule has 2 N–H and O–H groups in total. The molecule has 98 valence electrons. The van der Waals surface area contributed by atoms with Crippen LogP contribution in [0.1, 0.15) is 36.2 Å². The number of hydrogen-bond acceptors (Lipinski definition) is 6. The van der Waals surface area contributed by atoms with Crippen molar-refractivity contribution in [2.45, 2.75) is 37.8 Å². The van der Waals surface area contributed by atoms with Crippen LogP contribution < -0.4 is 10.5 Å². The zero-order valence-corrected chi connectivity index (χ0v) is 10.3. The van der Waals surface area contributed by atoms with Crippen LogP contribution in [0.4, 0.5) is 0 Å². The molecule has 0 atom stereocenters. The van der Waals surface area contributed by atoms with Crippen LogP contribution in [0.15, 0.2) is 12.1 Å². The maximum atomic E-state index is 11.2. The van der Waals surface area contributed by atoms with E-state index in [4.69, 9.17) is 10.5 Å². The summed E-state index contributed by atoms with van der Waals surface area (Å²) >= 11 is 0. The molecule has 1 aliphatic rings. The van der Waals surface area contributed by atoms with Crippen LogP contribution >= 0.6 is 0 Å². The first-order valence-electron chi connectivity index (χ1n) is 6.03. The van der Waals surface area contributed by atoms with Gasteiger partial charge in [0.25, 0.3) is 0 Å². The first-order chi connectivity index (χ1) is 8.69. The molecule has 2 rings (SSSR count). The van der Waals surface area contributed by atoms with Crippen molar-refractivity contribution < 1.29 is 14.3 Å². The molecule has 6 nitrogen and oxygen atoms in total. The highest BCUT2D eigenvalue weighted by Crippen LogP contribution is 2.21. The number of carbonyl (C=O) groups is 1. The minimum atomic E-state index is -0.502. The quantitative estimate of drug-likeness (QED) is 0.803. The summed E-state index contributed by atoms with van der Waals surface area (Å²) in [7, 11) is 1.31. The van der Waals surface area contributed by atoms with E-state index in [0.29, 0.717) is 5.88 Å². The second-order valence-electron chi connectivity index (χ2n) is 4.40. The minimum absolute atomic E-state index is 0.142. The molecule has 1 saturated carbocycles. The van der Waals surface area contributed by atoms with Crippen LogP contribution in [-0.4, -0.2) is 35.4 Å². The molecule has 1 aromatic rings. The average Bonchev–Trinajstić information content (AvgIpc) is 2.41. The molecule has 1 fully saturated rings. The highest BCUT2D eigenvalue weighted by molar-refractivity contribution is 5.86. The van der Waals surface area contributed by atoms with Gasteiger partial charge in [0.15, 0.2) is 5.69 Å². The molecule has 1 heterocycles. The summed E-state index contributed by atoms with van der Waals surface area (Å²) < 4.78 is 10.2. The predicted octanol–water partition coefficient (Wildman–Crippen LogP) is 0.912. The summed E-state index contributed by atoms with van der Waals surface area (Å²) in [6.45, 7) is 0. The Morgan fingerprint density at radius 1 is 1.28 bits per heavy atom. The van der Waals surface area contributed by atoms with Gasteiger partial charge in [-0.3, -0.25) is 0 Å². The van der Waals surface area contributed by atoms with Gasteiger partial charge in [0.05, 0.1) is 7.11 Å². The van der Waals surface area contributed by atoms with E-state index in [1.54, 1.807) is 12.1 Å². The number of esters is 1. The standard InChI is InChI=1S/C12H17N3O3/c1-17-12(16)10-6-7-11(15-14-10)18-9-4-2-8(13)3-5-9/h6-9H,2-5,13H2,1H3. The molecule has 0 spiro atoms. The molecule has 0 saturated heterocycles. The highest BCUT2D eigenvalue weighted by atomic mass is 16.5. The normalized spacial score (nSPS) is 23.4. The maximum Gasteiger partial charge on any atom is 0.358 e. The summed E-state index contributed by atoms with van der Waals surface area (Å²) in [5, 5.41) is 7.61. The second kappa shape index (κ2) is 5.77. The highest BCUT2D eigenvalue weighted by Gasteiger charge is 2.20. The summed E-state index contributed by atoms with van der Waals surface area (Å²) in [4.78, 5) is 11.2. The zero-order valence-electron chi connectivity index (χ0n) is 10.3. The first-order valence-corrected chi connectivity index (χ1v) is 6.03. The summed E-state index contributed by atoms with van der Waals surface area (Å²) in [5.41, 5.74) is 6.00. The smallest absolute Gasteiger partial charge is 0.358 e. The fourth-order valence-corrected chi connectivity index (χ4v) is 1.97. The van der Waals surface area contributed by atoms with Crippen molar-refractivity contribution in [3.63, 3.8) is 0 Å². The Bertz CT molecular complexity index is 400. The number of aromatic nitrogens is 2. The lowest BCUT2D eigenvalue weighted by molar-refractivity contribution is 0.0592. The Balaban J connectivity index is 1.92. The number of carbonyl (C=O) groups excluding carboxylic acids is 1. The number of methoxy groups -OCH3 is 1. The van der Waals surface area contributed by atoms with E-state index < -0.39 is 5.97 Å². The molecule has 0 bridgehead atoms. The number of nitrogens with zero attached hydrogens (tertiary/aromatic N) is 2. The average molecular weight is 251 g/mol. The number of nitrogens with two attached hydrogens (primary N) is 1. The molecule has 0 aromatic carbocycles. The SMILES string of the molecule is COC(=O)c1ccc(OC2CCC(N)CC2)nn1. The van der Waals surface area contributed by atoms with Gasteiger partial charge in [0, 0.05) is 12.1 Å². The van der Waals surface area contributed by atoms with E-state index in [2.05, 4.69) is 14.9 Å². The summed E-state index contributed by atoms with van der Waals surface area (Å²) in [6, 6.07) is 3.47. The number of hydrogen-bond donors (Lipinski definition) is 1. The molecule has 0 amide bonds. The van der Waals surface area contributed by atoms with Crippen LogP contribution in [0.25, 0.3) is 0 Å². The monoisotopic (exact) mass is 251 g/mol. The van der Waals surface area contributed by atoms with E-state index in [1.807, 2.05) is 0 Å². The fraction of sp³-hybridized carbons (Fsp3) is 0.583. The zero-order chi connectivity index (χ0) is 13.0. The third-order valence-corrected chi connectivity index (χ3v) is 3.04. The Morgan fingerprint density at radius 2 is 2.00 bits per heavy atom. The molecular formula is C12H17N3O3. The first kappa shape index (κ1) is 12.8. The van der Waals surface area contributed by atoms with Crippen molar-refractivity contribution in [1.29, 1.82) is 0 Å². The van der Waals surface area contributed by atoms with Crippen LogP contribution in [0.3, 0.4) is 0 Å². The van der Waals surface area contributed by atoms with E-state index >= 15 is 0 Å². The Kier molecular flexibility index (Phi) is 4.09. The maximum absolute atomic E-state index is 11.2. The van der Waals surface area contributed by atoms with E-state index in [-0.39, 0.29) is 17.8 Å². The van der Waals surface area contributed by atoms with Gasteiger partial charge >= 0.3 is 5.97 Å². The van der Waals surface area contributed by atoms with Gasteiger partial charge in [-0.2, -0.15) is 0 Å². The molecule has 1 aliphatic carbocycles. The van der Waals surface area contributed by atoms with Gasteiger partial charge in [-0.05, 0) is 31.7 Å². The van der Waals surface area contributed by atoms with Gasteiger partial charge in [-0.1, -0.05) is 0 Å². The third kappa shape index (κ3) is 3.16. The third-order valence-electron chi connectivity index (χ3n) is 3.04. The minimum Gasteiger partial charge on any atom is -0.473 e. The lowest BCUT2D eigenvalue weighted by Gasteiger charge is -2.26. The molecule has 1 aromatic heterocycles. The van der Waals surface area contributed by atoms with Crippen LogP contribution in [0, 0.1) is 0 Å². The van der Waals surface area contributed by atoms with Crippen molar-refractivity contribution in [2.75, 3.05) is 7.11 Å². The van der Waals surface area contributed by atoms with E-state index in [0.717, 1.165) is 25.7 Å². The lowest BCUT2D eigenvalue weighted by atomic mass is 9.94. The number of rotatable bonds is 3. The second-order valence-corrected chi connectivity index (χ2v) is 4.40. The van der Waals surface area contributed by atoms with Gasteiger partial charge in [-0.15, -0.1) is 10.2 Å². The van der Waals surface area contributed by atoms with Crippen molar-refractivity contribution in [2.24, 2.45) is 5.73 Å². The van der Waals surface area contributed by atoms with Crippen molar-refractivity contribution in [1.82, 2.24) is 10.2 Å². The topological polar surface area (TPSA) is 87.3 Å². The van der Waals surface area contributed by atoms with Crippen molar-refractivity contribution in [3.05, 3.63) is 17.8 Å². The molecular weight excluding hydrogens is 234 g/mol. The lowest BCUT2D eigenvalue weighted by Crippen LogP contribution is -2.31. The fourth-order valence-electron chi connectivity index (χ4n) is 1.97. The van der Waals surface area contributed by atoms with Crippen LogP contribution in [0.5, 0.6) is 5.88 Å². The van der Waals surface area contributed by atoms with E-state index in [9.17, 15) is 4.79 Å². The molecule has 18 heavy (non-hydrogen) atoms. The van der Waals surface area contributed by atoms with Gasteiger partial charge in [0.1, 0.15) is 6.10 Å². The molecule has 6 heteroatoms. The van der Waals surface area contributed by atoms with Crippen LogP contribution in [-0.2, 0) is 4.74 Å². The van der Waals surface area contributed by atoms with Crippen molar-refractivity contribution >= 4 is 5.97 Å². The number of ether oxygens (including phenoxy) is 2. The van der Waals surface area contributed by atoms with Gasteiger partial charge in [0.2, 0.25) is 5.88 Å². The molecule has 0 aliphatic heterocycles. The van der Waals surface area contributed by atoms with Gasteiger partial charge < -0.3 is 15.2 Å². The predicted molar refractivity (Wildman–Crippen MR) is 64.2 cm³/mol. The Morgan fingerprint density at radius 3 is 2.56 bits per heavy atom. The van der Waals surface area contributed by atoms with Crippen molar-refractivity contribution in [3.8, 4) is 5.88 Å². The molecule has 0 unspecified atom stereocenters. The van der Waals surface area contributed by atoms with Crippen LogP contribution in [0.2, 0.25) is 0 Å². The molecule has 0 radical (unpaired) electrons. The summed E-state index contributed by atoms with van der Waals surface area (Å²) in [6.07, 6.45) is 3.95. The Labute approximate surface area is 105 Å². The van der Waals surface area contributed by atoms with Gasteiger partial charge in [-0.25, -0.2) is 4.79 Å². The largest absolute Gasteiger partial charge is 0.473 e. The summed E-state index contributed by atoms with van der Waals surface area (Å²) in [5.74, 6) is -0.0687.